The van der Waals surface area contributed by atoms with Crippen molar-refractivity contribution in [3.63, 3.8) is 0 Å². The number of rotatable bonds is 6. The Hall–Kier alpha value is -6.90. The van der Waals surface area contributed by atoms with Gasteiger partial charge in [0.2, 0.25) is 0 Å². The van der Waals surface area contributed by atoms with Crippen LogP contribution in [0.5, 0.6) is 0 Å². The van der Waals surface area contributed by atoms with E-state index >= 15 is 0 Å². The molecular formula is C50H34N2. The second-order valence-corrected chi connectivity index (χ2v) is 13.3. The van der Waals surface area contributed by atoms with Crippen molar-refractivity contribution in [2.24, 2.45) is 0 Å². The third-order valence-electron chi connectivity index (χ3n) is 10.4. The quantitative estimate of drug-likeness (QED) is 0.172. The fourth-order valence-corrected chi connectivity index (χ4v) is 8.00. The zero-order valence-corrected chi connectivity index (χ0v) is 28.5. The van der Waals surface area contributed by atoms with E-state index in [1.165, 1.54) is 65.6 Å². The molecule has 0 saturated carbocycles. The molecular weight excluding hydrogens is 629 g/mol. The minimum absolute atomic E-state index is 1.10. The number of aromatic nitrogens is 1. The van der Waals surface area contributed by atoms with Crippen LogP contribution in [0, 0.1) is 0 Å². The van der Waals surface area contributed by atoms with E-state index in [1.54, 1.807) is 0 Å². The van der Waals surface area contributed by atoms with Crippen LogP contribution in [0.1, 0.15) is 0 Å². The highest BCUT2D eigenvalue weighted by atomic mass is 15.1. The van der Waals surface area contributed by atoms with Crippen LogP contribution >= 0.6 is 0 Å². The summed E-state index contributed by atoms with van der Waals surface area (Å²) in [6.45, 7) is 0. The third-order valence-corrected chi connectivity index (χ3v) is 10.4. The topological polar surface area (TPSA) is 8.17 Å². The van der Waals surface area contributed by atoms with E-state index in [0.29, 0.717) is 0 Å². The first-order valence-corrected chi connectivity index (χ1v) is 17.9. The molecule has 0 atom stereocenters. The van der Waals surface area contributed by atoms with E-state index in [4.69, 9.17) is 0 Å². The summed E-state index contributed by atoms with van der Waals surface area (Å²) in [5, 5.41) is 7.49. The second kappa shape index (κ2) is 12.5. The molecule has 2 heteroatoms. The van der Waals surface area contributed by atoms with Crippen molar-refractivity contribution in [1.82, 2.24) is 4.57 Å². The lowest BCUT2D eigenvalue weighted by atomic mass is 9.97. The highest BCUT2D eigenvalue weighted by Gasteiger charge is 2.21. The highest BCUT2D eigenvalue weighted by Crippen LogP contribution is 2.45. The summed E-state index contributed by atoms with van der Waals surface area (Å²) in [6, 6.07) is 74.7. The van der Waals surface area contributed by atoms with Gasteiger partial charge in [-0.05, 0) is 92.8 Å². The lowest BCUT2D eigenvalue weighted by Gasteiger charge is -2.28. The zero-order valence-electron chi connectivity index (χ0n) is 28.5. The van der Waals surface area contributed by atoms with Gasteiger partial charge in [0.05, 0.1) is 16.7 Å². The van der Waals surface area contributed by atoms with Crippen LogP contribution < -0.4 is 4.90 Å². The molecule has 2 nitrogen and oxygen atoms in total. The van der Waals surface area contributed by atoms with Crippen molar-refractivity contribution in [2.45, 2.75) is 0 Å². The molecule has 0 radical (unpaired) electrons. The summed E-state index contributed by atoms with van der Waals surface area (Å²) in [4.78, 5) is 2.42. The monoisotopic (exact) mass is 662 g/mol. The summed E-state index contributed by atoms with van der Waals surface area (Å²) in [6.07, 6.45) is 0. The van der Waals surface area contributed by atoms with Crippen LogP contribution in [-0.2, 0) is 0 Å². The van der Waals surface area contributed by atoms with Gasteiger partial charge in [-0.3, -0.25) is 0 Å². The molecule has 10 rings (SSSR count). The molecule has 0 saturated heterocycles. The summed E-state index contributed by atoms with van der Waals surface area (Å²) >= 11 is 0. The number of benzene rings is 9. The molecule has 1 heterocycles. The van der Waals surface area contributed by atoms with Gasteiger partial charge in [0.15, 0.2) is 0 Å². The molecule has 0 N–H and O–H groups in total. The molecule has 9 aromatic carbocycles. The molecule has 0 bridgehead atoms. The van der Waals surface area contributed by atoms with Gasteiger partial charge in [0.25, 0.3) is 0 Å². The van der Waals surface area contributed by atoms with E-state index in [2.05, 4.69) is 216 Å². The van der Waals surface area contributed by atoms with Gasteiger partial charge in [0.1, 0.15) is 0 Å². The Morgan fingerprint density at radius 3 is 1.73 bits per heavy atom. The minimum Gasteiger partial charge on any atom is -0.310 e. The minimum atomic E-state index is 1.10. The molecule has 0 spiro atoms. The SMILES string of the molecule is c1ccc(-c2ccccc2N(c2ccc(-c3cccc4ccccc34)cc2)c2ccc3c(c2)c2c4ccccc4ccc2n3-c2ccccc2)cc1. The summed E-state index contributed by atoms with van der Waals surface area (Å²) in [7, 11) is 0. The van der Waals surface area contributed by atoms with Crippen LogP contribution in [-0.4, -0.2) is 4.57 Å². The molecule has 10 aromatic rings. The number of hydrogen-bond donors (Lipinski definition) is 0. The first-order valence-electron chi connectivity index (χ1n) is 17.9. The van der Waals surface area contributed by atoms with Gasteiger partial charge in [-0.1, -0.05) is 152 Å². The fraction of sp³-hybridized carbons (Fsp3) is 0. The average Bonchev–Trinajstić information content (AvgIpc) is 3.56. The Balaban J connectivity index is 1.22. The number of para-hydroxylation sites is 2. The number of hydrogen-bond acceptors (Lipinski definition) is 1. The van der Waals surface area contributed by atoms with Gasteiger partial charge in [-0.2, -0.15) is 0 Å². The molecule has 1 aromatic heterocycles. The normalized spacial score (nSPS) is 11.5. The number of fused-ring (bicyclic) bond motifs is 6. The molecule has 0 aliphatic rings. The van der Waals surface area contributed by atoms with Gasteiger partial charge >= 0.3 is 0 Å². The zero-order chi connectivity index (χ0) is 34.4. The largest absolute Gasteiger partial charge is 0.310 e. The molecule has 244 valence electrons. The van der Waals surface area contributed by atoms with Gasteiger partial charge < -0.3 is 9.47 Å². The Kier molecular flexibility index (Phi) is 7.18. The lowest BCUT2D eigenvalue weighted by molar-refractivity contribution is 1.18. The van der Waals surface area contributed by atoms with Crippen LogP contribution in [0.3, 0.4) is 0 Å². The first kappa shape index (κ1) is 30.0. The van der Waals surface area contributed by atoms with Crippen molar-refractivity contribution in [3.8, 4) is 27.9 Å². The summed E-state index contributed by atoms with van der Waals surface area (Å²) < 4.78 is 2.40. The maximum absolute atomic E-state index is 2.42. The van der Waals surface area contributed by atoms with E-state index in [9.17, 15) is 0 Å². The Morgan fingerprint density at radius 1 is 0.346 bits per heavy atom. The Bertz CT molecular complexity index is 2880. The Morgan fingerprint density at radius 2 is 0.923 bits per heavy atom. The van der Waals surface area contributed by atoms with Crippen molar-refractivity contribution in [3.05, 3.63) is 206 Å². The lowest BCUT2D eigenvalue weighted by Crippen LogP contribution is -2.11. The summed E-state index contributed by atoms with van der Waals surface area (Å²) in [5.74, 6) is 0. The fourth-order valence-electron chi connectivity index (χ4n) is 8.00. The second-order valence-electron chi connectivity index (χ2n) is 13.3. The van der Waals surface area contributed by atoms with E-state index in [1.807, 2.05) is 0 Å². The molecule has 52 heavy (non-hydrogen) atoms. The van der Waals surface area contributed by atoms with Gasteiger partial charge in [-0.15, -0.1) is 0 Å². The molecule has 0 amide bonds. The maximum Gasteiger partial charge on any atom is 0.0547 e. The molecule has 0 aliphatic heterocycles. The number of anilines is 3. The van der Waals surface area contributed by atoms with E-state index in [0.717, 1.165) is 22.7 Å². The van der Waals surface area contributed by atoms with Crippen molar-refractivity contribution in [1.29, 1.82) is 0 Å². The predicted octanol–water partition coefficient (Wildman–Crippen LogP) is 13.9. The predicted molar refractivity (Wildman–Crippen MR) is 221 cm³/mol. The smallest absolute Gasteiger partial charge is 0.0547 e. The van der Waals surface area contributed by atoms with Gasteiger partial charge in [0, 0.05) is 33.4 Å². The van der Waals surface area contributed by atoms with E-state index in [-0.39, 0.29) is 0 Å². The van der Waals surface area contributed by atoms with E-state index < -0.39 is 0 Å². The van der Waals surface area contributed by atoms with Crippen LogP contribution in [0.15, 0.2) is 206 Å². The van der Waals surface area contributed by atoms with Gasteiger partial charge in [-0.25, -0.2) is 0 Å². The average molecular weight is 663 g/mol. The van der Waals surface area contributed by atoms with Crippen molar-refractivity contribution >= 4 is 60.4 Å². The highest BCUT2D eigenvalue weighted by molar-refractivity contribution is 6.22. The molecule has 0 fully saturated rings. The first-order chi connectivity index (χ1) is 25.8. The van der Waals surface area contributed by atoms with Crippen LogP contribution in [0.2, 0.25) is 0 Å². The Labute approximate surface area is 303 Å². The standard InChI is InChI=1S/C50H34N2/c1-3-14-36(15-4-1)44-22-11-12-25-47(44)51(40-29-26-38(27-30-40)43-24-13-18-35-16-7-9-21-42(35)43)41-31-33-48-46(34-41)50-45-23-10-8-17-37(45)28-32-49(50)52(48)39-19-5-2-6-20-39/h1-34H. The maximum atomic E-state index is 2.42. The van der Waals surface area contributed by atoms with Crippen LogP contribution in [0.25, 0.3) is 71.3 Å². The molecule has 0 aliphatic carbocycles. The third kappa shape index (κ3) is 4.96. The van der Waals surface area contributed by atoms with Crippen LogP contribution in [0.4, 0.5) is 17.1 Å². The number of nitrogens with zero attached hydrogens (tertiary/aromatic N) is 2. The summed E-state index contributed by atoms with van der Waals surface area (Å²) in [5.41, 5.74) is 11.7. The van der Waals surface area contributed by atoms with Crippen molar-refractivity contribution in [2.75, 3.05) is 4.90 Å². The molecule has 0 unspecified atom stereocenters. The van der Waals surface area contributed by atoms with Crippen molar-refractivity contribution < 1.29 is 0 Å².